The van der Waals surface area contributed by atoms with Crippen molar-refractivity contribution in [2.24, 2.45) is 0 Å². The van der Waals surface area contributed by atoms with E-state index >= 15 is 0 Å². The van der Waals surface area contributed by atoms with E-state index in [1.54, 1.807) is 18.2 Å². The van der Waals surface area contributed by atoms with Gasteiger partial charge in [-0.25, -0.2) is 4.98 Å². The highest BCUT2D eigenvalue weighted by Gasteiger charge is 2.15. The normalized spacial score (nSPS) is 10.3. The second-order valence-corrected chi connectivity index (χ2v) is 6.67. The SMILES string of the molecule is N#Cc1c(-c2ccc([N+](=O)[O-])cc2)cc(-c2ccc(Oc3ccccc3)cc2)nc1N. The molecule has 0 unspecified atom stereocenters. The summed E-state index contributed by atoms with van der Waals surface area (Å²) in [6.45, 7) is 0. The Balaban J connectivity index is 1.69. The minimum Gasteiger partial charge on any atom is -0.457 e. The summed E-state index contributed by atoms with van der Waals surface area (Å²) in [4.78, 5) is 14.8. The monoisotopic (exact) mass is 408 g/mol. The minimum absolute atomic E-state index is 0.0292. The number of pyridine rings is 1. The van der Waals surface area contributed by atoms with Gasteiger partial charge in [0.05, 0.1) is 10.6 Å². The van der Waals surface area contributed by atoms with Crippen molar-refractivity contribution in [3.05, 3.63) is 101 Å². The van der Waals surface area contributed by atoms with Crippen LogP contribution in [0, 0.1) is 21.4 Å². The fraction of sp³-hybridized carbons (Fsp3) is 0. The standard InChI is InChI=1S/C24H16N4O3/c25-15-22-21(16-6-10-18(11-7-16)28(29)30)14-23(27-24(22)26)17-8-12-20(13-9-17)31-19-4-2-1-3-5-19/h1-14H,(H2,26,27). The molecule has 150 valence electrons. The molecule has 3 aromatic carbocycles. The number of para-hydroxylation sites is 1. The van der Waals surface area contributed by atoms with Gasteiger partial charge in [0, 0.05) is 23.3 Å². The maximum atomic E-state index is 10.9. The van der Waals surface area contributed by atoms with E-state index in [0.717, 1.165) is 11.3 Å². The first kappa shape index (κ1) is 19.6. The number of aromatic nitrogens is 1. The van der Waals surface area contributed by atoms with Crippen LogP contribution in [0.1, 0.15) is 5.56 Å². The Bertz CT molecular complexity index is 1280. The first-order valence-electron chi connectivity index (χ1n) is 9.34. The fourth-order valence-electron chi connectivity index (χ4n) is 3.14. The molecule has 0 radical (unpaired) electrons. The summed E-state index contributed by atoms with van der Waals surface area (Å²) >= 11 is 0. The molecule has 7 heteroatoms. The Morgan fingerprint density at radius 2 is 1.52 bits per heavy atom. The van der Waals surface area contributed by atoms with Crippen molar-refractivity contribution in [2.45, 2.75) is 0 Å². The molecule has 1 heterocycles. The molecule has 2 N–H and O–H groups in total. The first-order valence-corrected chi connectivity index (χ1v) is 9.34. The van der Waals surface area contributed by atoms with E-state index in [1.165, 1.54) is 12.1 Å². The number of nitrogen functional groups attached to an aromatic ring is 1. The van der Waals surface area contributed by atoms with Gasteiger partial charge in [-0.2, -0.15) is 5.26 Å². The van der Waals surface area contributed by atoms with Crippen LogP contribution >= 0.6 is 0 Å². The highest BCUT2D eigenvalue weighted by Crippen LogP contribution is 2.33. The van der Waals surface area contributed by atoms with Gasteiger partial charge in [-0.05, 0) is 60.2 Å². The molecule has 0 aliphatic heterocycles. The van der Waals surface area contributed by atoms with Crippen molar-refractivity contribution < 1.29 is 9.66 Å². The number of nitro benzene ring substituents is 1. The number of nitriles is 1. The summed E-state index contributed by atoms with van der Waals surface area (Å²) in [6.07, 6.45) is 0. The van der Waals surface area contributed by atoms with Crippen LogP contribution in [-0.4, -0.2) is 9.91 Å². The molecule has 7 nitrogen and oxygen atoms in total. The molecule has 4 aromatic rings. The lowest BCUT2D eigenvalue weighted by Gasteiger charge is -2.11. The number of benzene rings is 3. The highest BCUT2D eigenvalue weighted by atomic mass is 16.6. The average Bonchev–Trinajstić information content (AvgIpc) is 2.80. The molecule has 0 atom stereocenters. The number of nitro groups is 1. The summed E-state index contributed by atoms with van der Waals surface area (Å²) in [5.74, 6) is 1.50. The predicted molar refractivity (Wildman–Crippen MR) is 117 cm³/mol. The number of hydrogen-bond donors (Lipinski definition) is 1. The van der Waals surface area contributed by atoms with Crippen LogP contribution in [0.15, 0.2) is 84.9 Å². The van der Waals surface area contributed by atoms with Crippen LogP contribution < -0.4 is 10.5 Å². The number of non-ortho nitro benzene ring substituents is 1. The summed E-state index contributed by atoms with van der Waals surface area (Å²) in [7, 11) is 0. The summed E-state index contributed by atoms with van der Waals surface area (Å²) < 4.78 is 5.81. The van der Waals surface area contributed by atoms with E-state index in [-0.39, 0.29) is 17.1 Å². The van der Waals surface area contributed by atoms with Crippen molar-refractivity contribution >= 4 is 11.5 Å². The molecular formula is C24H16N4O3. The zero-order valence-corrected chi connectivity index (χ0v) is 16.2. The number of anilines is 1. The molecule has 0 aliphatic rings. The Hall–Kier alpha value is -4.70. The molecule has 0 amide bonds. The lowest BCUT2D eigenvalue weighted by molar-refractivity contribution is -0.384. The van der Waals surface area contributed by atoms with E-state index in [4.69, 9.17) is 10.5 Å². The van der Waals surface area contributed by atoms with Crippen molar-refractivity contribution in [1.29, 1.82) is 5.26 Å². The Morgan fingerprint density at radius 3 is 2.13 bits per heavy atom. The quantitative estimate of drug-likeness (QED) is 0.341. The van der Waals surface area contributed by atoms with Crippen molar-refractivity contribution in [3.63, 3.8) is 0 Å². The van der Waals surface area contributed by atoms with Gasteiger partial charge in [-0.3, -0.25) is 10.1 Å². The third kappa shape index (κ3) is 4.18. The van der Waals surface area contributed by atoms with E-state index in [2.05, 4.69) is 11.1 Å². The lowest BCUT2D eigenvalue weighted by Crippen LogP contribution is -2.00. The van der Waals surface area contributed by atoms with Crippen LogP contribution in [0.4, 0.5) is 11.5 Å². The summed E-state index contributed by atoms with van der Waals surface area (Å²) in [6, 6.07) is 26.6. The maximum Gasteiger partial charge on any atom is 0.269 e. The maximum absolute atomic E-state index is 10.9. The van der Waals surface area contributed by atoms with Crippen LogP contribution in [0.5, 0.6) is 11.5 Å². The molecule has 31 heavy (non-hydrogen) atoms. The predicted octanol–water partition coefficient (Wildman–Crippen LogP) is 5.57. The number of nitrogens with two attached hydrogens (primary N) is 1. The smallest absolute Gasteiger partial charge is 0.269 e. The number of ether oxygens (including phenoxy) is 1. The summed E-state index contributed by atoms with van der Waals surface area (Å²) in [5, 5.41) is 20.5. The Morgan fingerprint density at radius 1 is 0.903 bits per heavy atom. The number of nitrogens with zero attached hydrogens (tertiary/aromatic N) is 3. The van der Waals surface area contributed by atoms with Crippen LogP contribution in [-0.2, 0) is 0 Å². The minimum atomic E-state index is -0.472. The Kier molecular flexibility index (Phi) is 5.28. The van der Waals surface area contributed by atoms with E-state index < -0.39 is 4.92 Å². The molecule has 1 aromatic heterocycles. The molecule has 0 aliphatic carbocycles. The molecule has 0 saturated heterocycles. The third-order valence-corrected chi connectivity index (χ3v) is 4.68. The van der Waals surface area contributed by atoms with Crippen LogP contribution in [0.2, 0.25) is 0 Å². The van der Waals surface area contributed by atoms with Gasteiger partial charge < -0.3 is 10.5 Å². The first-order chi connectivity index (χ1) is 15.0. The van der Waals surface area contributed by atoms with Gasteiger partial charge in [-0.15, -0.1) is 0 Å². The van der Waals surface area contributed by atoms with Crippen LogP contribution in [0.25, 0.3) is 22.4 Å². The van der Waals surface area contributed by atoms with Crippen molar-refractivity contribution in [1.82, 2.24) is 4.98 Å². The zero-order valence-electron chi connectivity index (χ0n) is 16.2. The van der Waals surface area contributed by atoms with E-state index in [1.807, 2.05) is 54.6 Å². The zero-order chi connectivity index (χ0) is 21.8. The van der Waals surface area contributed by atoms with Gasteiger partial charge in [0.2, 0.25) is 0 Å². The lowest BCUT2D eigenvalue weighted by atomic mass is 9.98. The number of rotatable bonds is 5. The molecule has 0 bridgehead atoms. The number of hydrogen-bond acceptors (Lipinski definition) is 6. The van der Waals surface area contributed by atoms with Gasteiger partial charge in [0.15, 0.2) is 0 Å². The van der Waals surface area contributed by atoms with Crippen molar-refractivity contribution in [2.75, 3.05) is 5.73 Å². The van der Waals surface area contributed by atoms with Crippen LogP contribution in [0.3, 0.4) is 0 Å². The largest absolute Gasteiger partial charge is 0.457 e. The fourth-order valence-corrected chi connectivity index (χ4v) is 3.14. The average molecular weight is 408 g/mol. The Labute approximate surface area is 178 Å². The second-order valence-electron chi connectivity index (χ2n) is 6.67. The van der Waals surface area contributed by atoms with Gasteiger partial charge in [0.1, 0.15) is 28.9 Å². The molecule has 4 rings (SSSR count). The van der Waals surface area contributed by atoms with E-state index in [9.17, 15) is 15.4 Å². The van der Waals surface area contributed by atoms with E-state index in [0.29, 0.717) is 22.6 Å². The van der Waals surface area contributed by atoms with Gasteiger partial charge in [0.25, 0.3) is 5.69 Å². The molecule has 0 saturated carbocycles. The molecule has 0 fully saturated rings. The molecule has 0 spiro atoms. The second kappa shape index (κ2) is 8.35. The van der Waals surface area contributed by atoms with Gasteiger partial charge >= 0.3 is 0 Å². The molecular weight excluding hydrogens is 392 g/mol. The third-order valence-electron chi connectivity index (χ3n) is 4.68. The van der Waals surface area contributed by atoms with Gasteiger partial charge in [-0.1, -0.05) is 18.2 Å². The highest BCUT2D eigenvalue weighted by molar-refractivity contribution is 5.80. The summed E-state index contributed by atoms with van der Waals surface area (Å²) in [5.41, 5.74) is 8.82. The topological polar surface area (TPSA) is 115 Å². The van der Waals surface area contributed by atoms with Crippen molar-refractivity contribution in [3.8, 4) is 40.0 Å².